The third-order valence-corrected chi connectivity index (χ3v) is 6.09. The Hall–Kier alpha value is -1.06. The van der Waals surface area contributed by atoms with E-state index >= 15 is 0 Å². The molecule has 0 aliphatic heterocycles. The van der Waals surface area contributed by atoms with Gasteiger partial charge in [0, 0.05) is 0 Å². The average molecular weight is 455 g/mol. The summed E-state index contributed by atoms with van der Waals surface area (Å²) in [6.07, 6.45) is 25.3. The van der Waals surface area contributed by atoms with Gasteiger partial charge in [-0.1, -0.05) is 129 Å². The van der Waals surface area contributed by atoms with Gasteiger partial charge in [-0.3, -0.25) is 9.59 Å². The summed E-state index contributed by atoms with van der Waals surface area (Å²) in [5.74, 6) is -2.70. The molecule has 0 saturated carbocycles. The van der Waals surface area contributed by atoms with Crippen molar-refractivity contribution >= 4 is 11.9 Å². The molecule has 4 heteroatoms. The average Bonchev–Trinajstić information content (AvgIpc) is 2.70. The highest BCUT2D eigenvalue weighted by Gasteiger charge is 2.30. The van der Waals surface area contributed by atoms with Crippen molar-refractivity contribution < 1.29 is 19.4 Å². The number of rotatable bonds is 22. The molecule has 4 nitrogen and oxygen atoms in total. The van der Waals surface area contributed by atoms with E-state index in [-0.39, 0.29) is 0 Å². The first-order valence-corrected chi connectivity index (χ1v) is 13.7. The molecule has 190 valence electrons. The number of esters is 1. The van der Waals surface area contributed by atoms with E-state index in [9.17, 15) is 14.7 Å². The smallest absolute Gasteiger partial charge is 0.320 e. The lowest BCUT2D eigenvalue weighted by Gasteiger charge is -2.22. The number of carbonyl (C=O) groups excluding carboxylic acids is 1. The van der Waals surface area contributed by atoms with Crippen LogP contribution in [0.5, 0.6) is 0 Å². The summed E-state index contributed by atoms with van der Waals surface area (Å²) in [4.78, 5) is 23.4. The molecule has 0 aliphatic carbocycles. The number of carboxylic acids is 1. The Labute approximate surface area is 199 Å². The van der Waals surface area contributed by atoms with E-state index in [0.29, 0.717) is 6.42 Å². The van der Waals surface area contributed by atoms with Gasteiger partial charge in [-0.05, 0) is 27.2 Å². The fraction of sp³-hybridized carbons (Fsp3) is 0.929. The molecule has 0 radical (unpaired) electrons. The molecule has 0 fully saturated rings. The first-order chi connectivity index (χ1) is 15.3. The maximum absolute atomic E-state index is 12.0. The molecule has 0 heterocycles. The van der Waals surface area contributed by atoms with Crippen LogP contribution in [0, 0.1) is 5.92 Å². The summed E-state index contributed by atoms with van der Waals surface area (Å²) in [5.41, 5.74) is -0.641. The second-order valence-electron chi connectivity index (χ2n) is 10.6. The van der Waals surface area contributed by atoms with Crippen LogP contribution in [0.3, 0.4) is 0 Å². The number of aliphatic carboxylic acids is 1. The van der Waals surface area contributed by atoms with Gasteiger partial charge in [0.05, 0.1) is 0 Å². The van der Waals surface area contributed by atoms with Crippen LogP contribution >= 0.6 is 0 Å². The van der Waals surface area contributed by atoms with E-state index in [1.807, 2.05) is 0 Å². The first kappa shape index (κ1) is 30.9. The van der Waals surface area contributed by atoms with Gasteiger partial charge in [0.2, 0.25) is 0 Å². The fourth-order valence-electron chi connectivity index (χ4n) is 4.14. The molecule has 0 saturated heterocycles. The maximum atomic E-state index is 12.0. The van der Waals surface area contributed by atoms with E-state index in [2.05, 4.69) is 6.92 Å². The Morgan fingerprint density at radius 1 is 0.625 bits per heavy atom. The number of hydrogen-bond donors (Lipinski definition) is 1. The Kier molecular flexibility index (Phi) is 19.9. The van der Waals surface area contributed by atoms with E-state index in [1.54, 1.807) is 20.8 Å². The number of unbranched alkanes of at least 4 members (excludes halogenated alkanes) is 18. The van der Waals surface area contributed by atoms with Crippen molar-refractivity contribution in [2.45, 2.75) is 162 Å². The molecule has 0 bridgehead atoms. The lowest BCUT2D eigenvalue weighted by atomic mass is 9.99. The van der Waals surface area contributed by atoms with Crippen molar-refractivity contribution in [3.05, 3.63) is 0 Å². The Balaban J connectivity index is 3.43. The summed E-state index contributed by atoms with van der Waals surface area (Å²) in [7, 11) is 0. The molecular weight excluding hydrogens is 400 g/mol. The van der Waals surface area contributed by atoms with E-state index in [1.165, 1.54) is 103 Å². The third-order valence-electron chi connectivity index (χ3n) is 6.09. The molecule has 0 aliphatic rings. The molecule has 0 spiro atoms. The molecule has 1 atom stereocenters. The zero-order valence-electron chi connectivity index (χ0n) is 21.9. The monoisotopic (exact) mass is 454 g/mol. The van der Waals surface area contributed by atoms with E-state index in [4.69, 9.17) is 4.74 Å². The Bertz CT molecular complexity index is 453. The van der Waals surface area contributed by atoms with Crippen LogP contribution in [0.2, 0.25) is 0 Å². The molecule has 0 aromatic rings. The largest absolute Gasteiger partial charge is 0.481 e. The number of ether oxygens (including phenoxy) is 1. The zero-order chi connectivity index (χ0) is 24.1. The normalized spacial score (nSPS) is 12.6. The van der Waals surface area contributed by atoms with Crippen LogP contribution in [0.15, 0.2) is 0 Å². The molecule has 0 amide bonds. The SMILES string of the molecule is CCCCCCCCCCCCCCCCCCCCCC(C(=O)O)C(=O)OC(C)(C)C. The van der Waals surface area contributed by atoms with Crippen molar-refractivity contribution in [1.29, 1.82) is 0 Å². The highest BCUT2D eigenvalue weighted by Crippen LogP contribution is 2.19. The number of carbonyl (C=O) groups is 2. The summed E-state index contributed by atoms with van der Waals surface area (Å²) < 4.78 is 5.23. The molecule has 0 rings (SSSR count). The molecule has 32 heavy (non-hydrogen) atoms. The van der Waals surface area contributed by atoms with Crippen LogP contribution in [0.4, 0.5) is 0 Å². The Morgan fingerprint density at radius 3 is 1.22 bits per heavy atom. The highest BCUT2D eigenvalue weighted by molar-refractivity contribution is 5.94. The lowest BCUT2D eigenvalue weighted by molar-refractivity contribution is -0.167. The van der Waals surface area contributed by atoms with Crippen molar-refractivity contribution in [2.24, 2.45) is 5.92 Å². The number of hydrogen-bond acceptors (Lipinski definition) is 3. The van der Waals surface area contributed by atoms with E-state index in [0.717, 1.165) is 19.3 Å². The van der Waals surface area contributed by atoms with Crippen LogP contribution in [0.1, 0.15) is 156 Å². The predicted octanol–water partition coefficient (Wildman–Crippen LogP) is 8.85. The van der Waals surface area contributed by atoms with Gasteiger partial charge in [-0.25, -0.2) is 0 Å². The molecule has 1 unspecified atom stereocenters. The summed E-state index contributed by atoms with van der Waals surface area (Å²) >= 11 is 0. The van der Waals surface area contributed by atoms with Crippen LogP contribution in [0.25, 0.3) is 0 Å². The first-order valence-electron chi connectivity index (χ1n) is 13.7. The van der Waals surface area contributed by atoms with Gasteiger partial charge < -0.3 is 9.84 Å². The Morgan fingerprint density at radius 2 is 0.938 bits per heavy atom. The zero-order valence-corrected chi connectivity index (χ0v) is 21.9. The van der Waals surface area contributed by atoms with Crippen LogP contribution < -0.4 is 0 Å². The summed E-state index contributed by atoms with van der Waals surface area (Å²) in [6.45, 7) is 7.57. The van der Waals surface area contributed by atoms with Crippen molar-refractivity contribution in [3.63, 3.8) is 0 Å². The number of carboxylic acid groups (broad SMARTS) is 1. The van der Waals surface area contributed by atoms with Crippen LogP contribution in [-0.2, 0) is 14.3 Å². The van der Waals surface area contributed by atoms with Gasteiger partial charge in [-0.2, -0.15) is 0 Å². The molecule has 0 aromatic carbocycles. The van der Waals surface area contributed by atoms with Gasteiger partial charge in [0.15, 0.2) is 5.92 Å². The van der Waals surface area contributed by atoms with Crippen molar-refractivity contribution in [2.75, 3.05) is 0 Å². The predicted molar refractivity (Wildman–Crippen MR) is 135 cm³/mol. The summed E-state index contributed by atoms with van der Waals surface area (Å²) in [6, 6.07) is 0. The standard InChI is InChI=1S/C28H54O4/c1-5-6-7-8-9-10-11-12-13-14-15-16-17-18-19-20-21-22-23-24-25(26(29)30)27(31)32-28(2,3)4/h25H,5-24H2,1-4H3,(H,29,30). The minimum atomic E-state index is -1.07. The molecule has 1 N–H and O–H groups in total. The quantitative estimate of drug-likeness (QED) is 0.101. The highest BCUT2D eigenvalue weighted by atomic mass is 16.6. The van der Waals surface area contributed by atoms with E-state index < -0.39 is 23.5 Å². The second-order valence-corrected chi connectivity index (χ2v) is 10.6. The van der Waals surface area contributed by atoms with Gasteiger partial charge in [0.25, 0.3) is 0 Å². The lowest BCUT2D eigenvalue weighted by Crippen LogP contribution is -2.32. The minimum Gasteiger partial charge on any atom is -0.481 e. The fourth-order valence-corrected chi connectivity index (χ4v) is 4.14. The van der Waals surface area contributed by atoms with Crippen molar-refractivity contribution in [3.8, 4) is 0 Å². The van der Waals surface area contributed by atoms with Gasteiger partial charge in [-0.15, -0.1) is 0 Å². The summed E-state index contributed by atoms with van der Waals surface area (Å²) in [5, 5.41) is 9.29. The topological polar surface area (TPSA) is 63.6 Å². The minimum absolute atomic E-state index is 0.378. The van der Waals surface area contributed by atoms with Gasteiger partial charge >= 0.3 is 11.9 Å². The van der Waals surface area contributed by atoms with Gasteiger partial charge in [0.1, 0.15) is 5.60 Å². The second kappa shape index (κ2) is 20.5. The third kappa shape index (κ3) is 20.8. The molecule has 0 aromatic heterocycles. The molecular formula is C28H54O4. The van der Waals surface area contributed by atoms with Crippen molar-refractivity contribution in [1.82, 2.24) is 0 Å². The maximum Gasteiger partial charge on any atom is 0.320 e. The van der Waals surface area contributed by atoms with Crippen LogP contribution in [-0.4, -0.2) is 22.6 Å².